The molecule has 0 unspecified atom stereocenters. The molecule has 88 valence electrons. The first kappa shape index (κ1) is 12.4. The maximum Gasteiger partial charge on any atom is 0.248 e. The predicted octanol–water partition coefficient (Wildman–Crippen LogP) is -0.874. The van der Waals surface area contributed by atoms with Gasteiger partial charge in [0.1, 0.15) is 6.61 Å². The van der Waals surface area contributed by atoms with Crippen LogP contribution in [0.15, 0.2) is 0 Å². The van der Waals surface area contributed by atoms with Crippen LogP contribution in [-0.2, 0) is 9.53 Å². The first-order valence-corrected chi connectivity index (χ1v) is 5.47. The van der Waals surface area contributed by atoms with Crippen molar-refractivity contribution in [2.24, 2.45) is 5.73 Å². The smallest absolute Gasteiger partial charge is 0.248 e. The predicted molar refractivity (Wildman–Crippen MR) is 58.6 cm³/mol. The number of methoxy groups -OCH3 is 1. The largest absolute Gasteiger partial charge is 0.375 e. The Morgan fingerprint density at radius 2 is 2.13 bits per heavy atom. The van der Waals surface area contributed by atoms with E-state index in [1.165, 1.54) is 0 Å². The van der Waals surface area contributed by atoms with Crippen LogP contribution < -0.4 is 5.73 Å². The minimum absolute atomic E-state index is 0.0899. The highest BCUT2D eigenvalue weighted by molar-refractivity contribution is 5.77. The van der Waals surface area contributed by atoms with Gasteiger partial charge in [0.25, 0.3) is 0 Å². The number of nitrogens with two attached hydrogens (primary N) is 1. The molecule has 0 spiro atoms. The van der Waals surface area contributed by atoms with E-state index in [4.69, 9.17) is 10.5 Å². The molecule has 0 atom stereocenters. The van der Waals surface area contributed by atoms with Crippen LogP contribution in [0.5, 0.6) is 0 Å². The zero-order valence-corrected chi connectivity index (χ0v) is 9.45. The maximum atomic E-state index is 11.6. The van der Waals surface area contributed by atoms with E-state index in [2.05, 4.69) is 4.90 Å². The average Bonchev–Trinajstić information content (AvgIpc) is 2.44. The van der Waals surface area contributed by atoms with E-state index in [9.17, 15) is 4.79 Å². The van der Waals surface area contributed by atoms with Gasteiger partial charge in [-0.3, -0.25) is 4.79 Å². The second kappa shape index (κ2) is 6.76. The van der Waals surface area contributed by atoms with E-state index >= 15 is 0 Å². The van der Waals surface area contributed by atoms with Crippen LogP contribution in [0, 0.1) is 0 Å². The molecule has 5 nitrogen and oxygen atoms in total. The first-order valence-electron chi connectivity index (χ1n) is 5.47. The highest BCUT2D eigenvalue weighted by Gasteiger charge is 2.17. The normalized spacial score (nSPS) is 18.9. The zero-order valence-electron chi connectivity index (χ0n) is 9.45. The molecule has 15 heavy (non-hydrogen) atoms. The molecule has 0 radical (unpaired) electrons. The van der Waals surface area contributed by atoms with Crippen molar-refractivity contribution < 1.29 is 9.53 Å². The van der Waals surface area contributed by atoms with Gasteiger partial charge in [-0.1, -0.05) is 0 Å². The molecule has 2 N–H and O–H groups in total. The van der Waals surface area contributed by atoms with E-state index < -0.39 is 0 Å². The molecule has 1 aliphatic rings. The van der Waals surface area contributed by atoms with Crippen LogP contribution in [0.4, 0.5) is 0 Å². The number of nitrogens with zero attached hydrogens (tertiary/aromatic N) is 2. The number of ether oxygens (including phenoxy) is 1. The maximum absolute atomic E-state index is 11.6. The Morgan fingerprint density at radius 1 is 1.33 bits per heavy atom. The van der Waals surface area contributed by atoms with E-state index in [1.54, 1.807) is 7.11 Å². The van der Waals surface area contributed by atoms with Gasteiger partial charge in [-0.05, 0) is 13.0 Å². The van der Waals surface area contributed by atoms with Gasteiger partial charge in [-0.25, -0.2) is 0 Å². The highest BCUT2D eigenvalue weighted by atomic mass is 16.5. The summed E-state index contributed by atoms with van der Waals surface area (Å²) in [7, 11) is 1.55. The topological polar surface area (TPSA) is 58.8 Å². The molecule has 1 heterocycles. The second-order valence-corrected chi connectivity index (χ2v) is 3.80. The summed E-state index contributed by atoms with van der Waals surface area (Å²) in [5.74, 6) is 0.0899. The summed E-state index contributed by atoms with van der Waals surface area (Å²) >= 11 is 0. The van der Waals surface area contributed by atoms with E-state index in [0.717, 1.165) is 39.1 Å². The van der Waals surface area contributed by atoms with Crippen LogP contribution in [0.3, 0.4) is 0 Å². The lowest BCUT2D eigenvalue weighted by Gasteiger charge is -2.21. The summed E-state index contributed by atoms with van der Waals surface area (Å²) < 4.78 is 4.85. The Balaban J connectivity index is 2.35. The van der Waals surface area contributed by atoms with Gasteiger partial charge in [0, 0.05) is 39.8 Å². The van der Waals surface area contributed by atoms with Crippen LogP contribution in [0.1, 0.15) is 6.42 Å². The minimum Gasteiger partial charge on any atom is -0.375 e. The summed E-state index contributed by atoms with van der Waals surface area (Å²) in [6.45, 7) is 5.39. The molecule has 0 aromatic carbocycles. The Kier molecular flexibility index (Phi) is 5.60. The molecule has 1 aliphatic heterocycles. The van der Waals surface area contributed by atoms with Crippen molar-refractivity contribution >= 4 is 5.91 Å². The summed E-state index contributed by atoms with van der Waals surface area (Å²) in [6.07, 6.45) is 1.02. The number of amides is 1. The Hall–Kier alpha value is -0.650. The summed E-state index contributed by atoms with van der Waals surface area (Å²) in [5.41, 5.74) is 5.51. The monoisotopic (exact) mass is 215 g/mol. The summed E-state index contributed by atoms with van der Waals surface area (Å²) in [5, 5.41) is 0. The number of hydrogen-bond donors (Lipinski definition) is 1. The molecular formula is C10H21N3O2. The lowest BCUT2D eigenvalue weighted by Crippen LogP contribution is -2.38. The molecule has 1 amide bonds. The van der Waals surface area contributed by atoms with E-state index in [1.807, 2.05) is 4.90 Å². The van der Waals surface area contributed by atoms with Crippen molar-refractivity contribution in [2.75, 3.05) is 53.0 Å². The third-order valence-corrected chi connectivity index (χ3v) is 2.65. The Morgan fingerprint density at radius 3 is 2.80 bits per heavy atom. The molecule has 0 aliphatic carbocycles. The van der Waals surface area contributed by atoms with Crippen molar-refractivity contribution in [3.63, 3.8) is 0 Å². The van der Waals surface area contributed by atoms with Crippen molar-refractivity contribution in [3.05, 3.63) is 0 Å². The number of hydrogen-bond acceptors (Lipinski definition) is 4. The van der Waals surface area contributed by atoms with Crippen LogP contribution in [0.25, 0.3) is 0 Å². The fourth-order valence-electron chi connectivity index (χ4n) is 1.84. The quantitative estimate of drug-likeness (QED) is 0.662. The van der Waals surface area contributed by atoms with Crippen molar-refractivity contribution in [2.45, 2.75) is 6.42 Å². The fourth-order valence-corrected chi connectivity index (χ4v) is 1.84. The van der Waals surface area contributed by atoms with Crippen LogP contribution in [0.2, 0.25) is 0 Å². The van der Waals surface area contributed by atoms with Crippen LogP contribution >= 0.6 is 0 Å². The third-order valence-electron chi connectivity index (χ3n) is 2.65. The standard InChI is InChI=1S/C10H21N3O2/c1-15-9-10(14)13-5-2-4-12(6-3-11)7-8-13/h2-9,11H2,1H3. The molecule has 0 bridgehead atoms. The van der Waals surface area contributed by atoms with Gasteiger partial charge >= 0.3 is 0 Å². The van der Waals surface area contributed by atoms with Crippen molar-refractivity contribution in [1.29, 1.82) is 0 Å². The molecule has 0 saturated carbocycles. The third kappa shape index (κ3) is 4.15. The van der Waals surface area contributed by atoms with Gasteiger partial charge in [0.05, 0.1) is 0 Å². The summed E-state index contributed by atoms with van der Waals surface area (Å²) in [6, 6.07) is 0. The highest BCUT2D eigenvalue weighted by Crippen LogP contribution is 2.02. The molecule has 1 saturated heterocycles. The molecule has 5 heteroatoms. The SMILES string of the molecule is COCC(=O)N1CCCN(CCN)CC1. The average molecular weight is 215 g/mol. The second-order valence-electron chi connectivity index (χ2n) is 3.80. The van der Waals surface area contributed by atoms with Gasteiger partial charge in [-0.2, -0.15) is 0 Å². The van der Waals surface area contributed by atoms with Crippen molar-refractivity contribution in [3.8, 4) is 0 Å². The van der Waals surface area contributed by atoms with E-state index in [-0.39, 0.29) is 12.5 Å². The minimum atomic E-state index is 0.0899. The van der Waals surface area contributed by atoms with E-state index in [0.29, 0.717) is 6.54 Å². The van der Waals surface area contributed by atoms with Gasteiger partial charge in [0.2, 0.25) is 5.91 Å². The lowest BCUT2D eigenvalue weighted by atomic mass is 10.4. The van der Waals surface area contributed by atoms with Gasteiger partial charge < -0.3 is 20.3 Å². The van der Waals surface area contributed by atoms with Crippen LogP contribution in [-0.4, -0.2) is 68.7 Å². The van der Waals surface area contributed by atoms with Gasteiger partial charge in [0.15, 0.2) is 0 Å². The van der Waals surface area contributed by atoms with Gasteiger partial charge in [-0.15, -0.1) is 0 Å². The number of carbonyl (C=O) groups is 1. The molecular weight excluding hydrogens is 194 g/mol. The molecule has 1 rings (SSSR count). The Bertz CT molecular complexity index is 199. The lowest BCUT2D eigenvalue weighted by molar-refractivity contribution is -0.135. The zero-order chi connectivity index (χ0) is 11.1. The molecule has 0 aromatic rings. The first-order chi connectivity index (χ1) is 7.27. The molecule has 0 aromatic heterocycles. The Labute approximate surface area is 91.2 Å². The summed E-state index contributed by atoms with van der Waals surface area (Å²) in [4.78, 5) is 15.8. The fraction of sp³-hybridized carbons (Fsp3) is 0.900. The number of rotatable bonds is 4. The molecule has 1 fully saturated rings. The van der Waals surface area contributed by atoms with Crippen molar-refractivity contribution in [1.82, 2.24) is 9.80 Å². The number of carbonyl (C=O) groups excluding carboxylic acids is 1.